The Morgan fingerprint density at radius 3 is 2.41 bits per heavy atom. The Kier molecular flexibility index (Phi) is 5.52. The van der Waals surface area contributed by atoms with E-state index in [0.717, 1.165) is 27.0 Å². The maximum absolute atomic E-state index is 12.3. The topological polar surface area (TPSA) is 82.1 Å². The summed E-state index contributed by atoms with van der Waals surface area (Å²) in [6.07, 6.45) is 1.99. The van der Waals surface area contributed by atoms with Gasteiger partial charge in [-0.3, -0.25) is 4.79 Å². The first kappa shape index (κ1) is 18.6. The lowest BCUT2D eigenvalue weighted by Crippen LogP contribution is -2.37. The van der Waals surface area contributed by atoms with Gasteiger partial charge < -0.3 is 16.3 Å². The lowest BCUT2D eigenvalue weighted by atomic mass is 9.99. The molecule has 1 amide bonds. The highest BCUT2D eigenvalue weighted by Crippen LogP contribution is 2.26. The van der Waals surface area contributed by atoms with E-state index >= 15 is 0 Å². The van der Waals surface area contributed by atoms with Crippen LogP contribution < -0.4 is 15.8 Å². The standard InChI is InChI=1S/C22H23N3O2/c1-15-12-13-25(27)16(2)21(15)18-8-10-19(11-9-18)24-22(26)20(23)14-17-6-4-3-5-7-17/h3-13,20H,14,23H2,1-2H3,(H,24,26)/t20-/m0/s1. The van der Waals surface area contributed by atoms with Crippen molar-refractivity contribution >= 4 is 11.6 Å². The Morgan fingerprint density at radius 2 is 1.74 bits per heavy atom. The molecule has 1 aromatic heterocycles. The van der Waals surface area contributed by atoms with Crippen molar-refractivity contribution in [2.24, 2.45) is 5.73 Å². The van der Waals surface area contributed by atoms with Crippen LogP contribution >= 0.6 is 0 Å². The van der Waals surface area contributed by atoms with Crippen LogP contribution in [0.5, 0.6) is 0 Å². The zero-order valence-electron chi connectivity index (χ0n) is 15.5. The third kappa shape index (κ3) is 4.33. The van der Waals surface area contributed by atoms with Crippen LogP contribution in [0.25, 0.3) is 11.1 Å². The average Bonchev–Trinajstić information content (AvgIpc) is 2.67. The molecule has 0 saturated carbocycles. The van der Waals surface area contributed by atoms with Crippen molar-refractivity contribution in [3.8, 4) is 11.1 Å². The summed E-state index contributed by atoms with van der Waals surface area (Å²) in [5, 5.41) is 14.7. The number of benzene rings is 2. The zero-order chi connectivity index (χ0) is 19.4. The molecule has 3 N–H and O–H groups in total. The van der Waals surface area contributed by atoms with E-state index in [1.54, 1.807) is 13.0 Å². The molecule has 0 unspecified atom stereocenters. The lowest BCUT2D eigenvalue weighted by molar-refractivity contribution is -0.611. The summed E-state index contributed by atoms with van der Waals surface area (Å²) in [4.78, 5) is 12.3. The van der Waals surface area contributed by atoms with Gasteiger partial charge in [0.25, 0.3) is 0 Å². The minimum Gasteiger partial charge on any atom is -0.618 e. The quantitative estimate of drug-likeness (QED) is 0.541. The second-order valence-corrected chi connectivity index (χ2v) is 6.65. The third-order valence-corrected chi connectivity index (χ3v) is 4.62. The number of nitrogens with two attached hydrogens (primary N) is 1. The van der Waals surface area contributed by atoms with E-state index in [2.05, 4.69) is 5.32 Å². The van der Waals surface area contributed by atoms with E-state index in [4.69, 9.17) is 5.73 Å². The van der Waals surface area contributed by atoms with Crippen molar-refractivity contribution < 1.29 is 9.52 Å². The molecule has 0 radical (unpaired) electrons. The van der Waals surface area contributed by atoms with Crippen LogP contribution in [0.2, 0.25) is 0 Å². The highest BCUT2D eigenvalue weighted by Gasteiger charge is 2.15. The molecule has 0 saturated heterocycles. The minimum absolute atomic E-state index is 0.226. The first-order chi connectivity index (χ1) is 13.0. The van der Waals surface area contributed by atoms with Gasteiger partial charge in [0.15, 0.2) is 11.9 Å². The molecule has 1 heterocycles. The van der Waals surface area contributed by atoms with Crippen LogP contribution in [0.3, 0.4) is 0 Å². The van der Waals surface area contributed by atoms with Crippen molar-refractivity contribution in [2.75, 3.05) is 5.32 Å². The number of anilines is 1. The van der Waals surface area contributed by atoms with Crippen LogP contribution in [-0.4, -0.2) is 11.9 Å². The number of rotatable bonds is 5. The van der Waals surface area contributed by atoms with E-state index in [9.17, 15) is 10.0 Å². The number of aryl methyl sites for hydroxylation is 1. The van der Waals surface area contributed by atoms with Crippen molar-refractivity contribution in [2.45, 2.75) is 26.3 Å². The summed E-state index contributed by atoms with van der Waals surface area (Å²) in [6, 6.07) is 18.3. The summed E-state index contributed by atoms with van der Waals surface area (Å²) < 4.78 is 0.862. The Balaban J connectivity index is 1.71. The van der Waals surface area contributed by atoms with Gasteiger partial charge in [-0.25, -0.2) is 0 Å². The van der Waals surface area contributed by atoms with E-state index in [1.165, 1.54) is 6.20 Å². The second-order valence-electron chi connectivity index (χ2n) is 6.65. The Hall–Kier alpha value is -3.18. The number of nitrogens with zero attached hydrogens (tertiary/aromatic N) is 1. The molecule has 0 aliphatic rings. The van der Waals surface area contributed by atoms with Gasteiger partial charge in [0.2, 0.25) is 5.91 Å². The highest BCUT2D eigenvalue weighted by atomic mass is 16.5. The maximum atomic E-state index is 12.3. The fourth-order valence-electron chi connectivity index (χ4n) is 3.12. The summed E-state index contributed by atoms with van der Waals surface area (Å²) >= 11 is 0. The molecule has 0 aliphatic carbocycles. The monoisotopic (exact) mass is 361 g/mol. The van der Waals surface area contributed by atoms with Gasteiger partial charge >= 0.3 is 0 Å². The predicted molar refractivity (Wildman–Crippen MR) is 107 cm³/mol. The van der Waals surface area contributed by atoms with Gasteiger partial charge in [0, 0.05) is 18.7 Å². The molecule has 3 aromatic rings. The Labute approximate surface area is 159 Å². The minimum atomic E-state index is -0.620. The van der Waals surface area contributed by atoms with Crippen molar-refractivity contribution in [3.63, 3.8) is 0 Å². The fourth-order valence-corrected chi connectivity index (χ4v) is 3.12. The van der Waals surface area contributed by atoms with Gasteiger partial charge in [-0.15, -0.1) is 0 Å². The molecule has 0 aliphatic heterocycles. The van der Waals surface area contributed by atoms with E-state index in [1.807, 2.05) is 61.5 Å². The molecule has 5 heteroatoms. The second kappa shape index (κ2) is 8.01. The molecule has 3 rings (SSSR count). The Bertz CT molecular complexity index is 938. The first-order valence-electron chi connectivity index (χ1n) is 8.86. The molecule has 1 atom stereocenters. The molecule has 0 spiro atoms. The number of aromatic nitrogens is 1. The van der Waals surface area contributed by atoms with Crippen molar-refractivity contribution in [3.05, 3.63) is 88.9 Å². The van der Waals surface area contributed by atoms with Crippen LogP contribution in [0.4, 0.5) is 5.69 Å². The molecule has 27 heavy (non-hydrogen) atoms. The normalized spacial score (nSPS) is 11.8. The van der Waals surface area contributed by atoms with Gasteiger partial charge in [0.1, 0.15) is 0 Å². The number of hydrogen-bond donors (Lipinski definition) is 2. The Morgan fingerprint density at radius 1 is 1.07 bits per heavy atom. The number of hydrogen-bond acceptors (Lipinski definition) is 3. The smallest absolute Gasteiger partial charge is 0.241 e. The summed E-state index contributed by atoms with van der Waals surface area (Å²) in [5.74, 6) is -0.226. The summed E-state index contributed by atoms with van der Waals surface area (Å²) in [7, 11) is 0. The van der Waals surface area contributed by atoms with Crippen LogP contribution in [0.1, 0.15) is 16.8 Å². The van der Waals surface area contributed by atoms with E-state index < -0.39 is 6.04 Å². The average molecular weight is 361 g/mol. The predicted octanol–water partition coefficient (Wildman–Crippen LogP) is 3.11. The molecular weight excluding hydrogens is 338 g/mol. The number of pyridine rings is 1. The number of carbonyl (C=O) groups excluding carboxylic acids is 1. The molecule has 0 fully saturated rings. The van der Waals surface area contributed by atoms with Gasteiger partial charge in [0.05, 0.1) is 11.6 Å². The molecule has 138 valence electrons. The molecule has 2 aromatic carbocycles. The van der Waals surface area contributed by atoms with Crippen molar-refractivity contribution in [1.29, 1.82) is 0 Å². The van der Waals surface area contributed by atoms with Crippen LogP contribution in [-0.2, 0) is 11.2 Å². The maximum Gasteiger partial charge on any atom is 0.241 e. The fraction of sp³-hybridized carbons (Fsp3) is 0.182. The third-order valence-electron chi connectivity index (χ3n) is 4.62. The SMILES string of the molecule is Cc1cc[n+]([O-])c(C)c1-c1ccc(NC(=O)[C@@H](N)Cc2ccccc2)cc1. The van der Waals surface area contributed by atoms with E-state index in [-0.39, 0.29) is 5.91 Å². The van der Waals surface area contributed by atoms with Crippen molar-refractivity contribution in [1.82, 2.24) is 0 Å². The van der Waals surface area contributed by atoms with Gasteiger partial charge in [-0.2, -0.15) is 4.73 Å². The lowest BCUT2D eigenvalue weighted by Gasteiger charge is -2.14. The largest absolute Gasteiger partial charge is 0.618 e. The molecular formula is C22H23N3O2. The van der Waals surface area contributed by atoms with Crippen LogP contribution in [0, 0.1) is 19.1 Å². The van der Waals surface area contributed by atoms with Gasteiger partial charge in [-0.05, 0) is 42.2 Å². The number of nitrogens with one attached hydrogen (secondary N) is 1. The van der Waals surface area contributed by atoms with Gasteiger partial charge in [-0.1, -0.05) is 42.5 Å². The van der Waals surface area contributed by atoms with E-state index in [0.29, 0.717) is 17.8 Å². The summed E-state index contributed by atoms with van der Waals surface area (Å²) in [5.41, 5.74) is 11.2. The number of amides is 1. The molecule has 5 nitrogen and oxygen atoms in total. The number of carbonyl (C=O) groups is 1. The highest BCUT2D eigenvalue weighted by molar-refractivity contribution is 5.95. The zero-order valence-corrected chi connectivity index (χ0v) is 15.5. The first-order valence-corrected chi connectivity index (χ1v) is 8.86. The molecule has 0 bridgehead atoms. The van der Waals surface area contributed by atoms with Crippen LogP contribution in [0.15, 0.2) is 66.9 Å². The summed E-state index contributed by atoms with van der Waals surface area (Å²) in [6.45, 7) is 3.77.